The molecule has 2 aromatic carbocycles. The highest BCUT2D eigenvalue weighted by Crippen LogP contribution is 2.28. The standard InChI is InChI=1S/C25H29ClN4O2S/c1-4-6-8-17-11-13-18(14-12-17)22(31)27-21(16(3)5-2)23(32)28-25-30-29-24(33-25)19-9-7-10-20(26)15-19/h7,9-16,21H,4-6,8H2,1-3H3,(H,27,31)(H,28,30,32). The number of nitrogens with one attached hydrogen (secondary N) is 2. The lowest BCUT2D eigenvalue weighted by atomic mass is 9.97. The largest absolute Gasteiger partial charge is 0.340 e. The maximum atomic E-state index is 13.0. The fourth-order valence-electron chi connectivity index (χ4n) is 3.33. The third kappa shape index (κ3) is 6.85. The van der Waals surface area contributed by atoms with Crippen LogP contribution < -0.4 is 10.6 Å². The van der Waals surface area contributed by atoms with Gasteiger partial charge in [0.2, 0.25) is 11.0 Å². The van der Waals surface area contributed by atoms with Gasteiger partial charge in [0.15, 0.2) is 0 Å². The van der Waals surface area contributed by atoms with Gasteiger partial charge in [0.05, 0.1) is 0 Å². The molecule has 33 heavy (non-hydrogen) atoms. The summed E-state index contributed by atoms with van der Waals surface area (Å²) in [6.07, 6.45) is 3.98. The van der Waals surface area contributed by atoms with Crippen LogP contribution in [0.2, 0.25) is 5.02 Å². The molecule has 3 aromatic rings. The minimum absolute atomic E-state index is 0.0573. The quantitative estimate of drug-likeness (QED) is 0.370. The van der Waals surface area contributed by atoms with Crippen molar-refractivity contribution in [2.24, 2.45) is 5.92 Å². The summed E-state index contributed by atoms with van der Waals surface area (Å²) >= 11 is 7.31. The van der Waals surface area contributed by atoms with E-state index in [2.05, 4.69) is 27.8 Å². The van der Waals surface area contributed by atoms with Gasteiger partial charge < -0.3 is 5.32 Å². The van der Waals surface area contributed by atoms with Crippen LogP contribution in [0.25, 0.3) is 10.6 Å². The fourth-order valence-corrected chi connectivity index (χ4v) is 4.26. The Labute approximate surface area is 203 Å². The van der Waals surface area contributed by atoms with E-state index in [1.54, 1.807) is 12.1 Å². The van der Waals surface area contributed by atoms with Crippen LogP contribution in [0.1, 0.15) is 56.0 Å². The van der Waals surface area contributed by atoms with Crippen LogP contribution in [0.15, 0.2) is 48.5 Å². The Kier molecular flexibility index (Phi) is 8.97. The predicted molar refractivity (Wildman–Crippen MR) is 135 cm³/mol. The second kappa shape index (κ2) is 11.9. The molecule has 6 nitrogen and oxygen atoms in total. The first-order valence-electron chi connectivity index (χ1n) is 11.2. The molecule has 2 N–H and O–H groups in total. The second-order valence-electron chi connectivity index (χ2n) is 8.05. The maximum absolute atomic E-state index is 13.0. The van der Waals surface area contributed by atoms with Crippen LogP contribution in [0, 0.1) is 5.92 Å². The second-order valence-corrected chi connectivity index (χ2v) is 9.46. The van der Waals surface area contributed by atoms with Crippen LogP contribution >= 0.6 is 22.9 Å². The maximum Gasteiger partial charge on any atom is 0.251 e. The Bertz CT molecular complexity index is 1080. The normalized spacial score (nSPS) is 12.7. The van der Waals surface area contributed by atoms with Crippen molar-refractivity contribution in [2.75, 3.05) is 5.32 Å². The molecule has 0 fully saturated rings. The summed E-state index contributed by atoms with van der Waals surface area (Å²) in [7, 11) is 0. The summed E-state index contributed by atoms with van der Waals surface area (Å²) in [6, 6.07) is 14.2. The van der Waals surface area contributed by atoms with Gasteiger partial charge in [-0.05, 0) is 48.6 Å². The average Bonchev–Trinajstić information content (AvgIpc) is 3.29. The highest BCUT2D eigenvalue weighted by atomic mass is 35.5. The highest BCUT2D eigenvalue weighted by Gasteiger charge is 2.27. The number of hydrogen-bond donors (Lipinski definition) is 2. The first kappa shape index (κ1) is 24.9. The number of aromatic nitrogens is 2. The number of rotatable bonds is 10. The Morgan fingerprint density at radius 3 is 2.52 bits per heavy atom. The van der Waals surface area contributed by atoms with Crippen molar-refractivity contribution in [2.45, 2.75) is 52.5 Å². The van der Waals surface area contributed by atoms with Crippen molar-refractivity contribution >= 4 is 39.9 Å². The first-order valence-corrected chi connectivity index (χ1v) is 12.4. The molecule has 174 valence electrons. The van der Waals surface area contributed by atoms with E-state index >= 15 is 0 Å². The lowest BCUT2D eigenvalue weighted by Gasteiger charge is -2.23. The van der Waals surface area contributed by atoms with Crippen molar-refractivity contribution in [3.8, 4) is 10.6 Å². The van der Waals surface area contributed by atoms with E-state index in [1.807, 2.05) is 50.2 Å². The van der Waals surface area contributed by atoms with E-state index < -0.39 is 6.04 Å². The molecule has 0 saturated heterocycles. The van der Waals surface area contributed by atoms with Gasteiger partial charge in [-0.15, -0.1) is 10.2 Å². The Hall–Kier alpha value is -2.77. The zero-order valence-electron chi connectivity index (χ0n) is 19.1. The monoisotopic (exact) mass is 484 g/mol. The zero-order chi connectivity index (χ0) is 23.8. The molecule has 0 bridgehead atoms. The van der Waals surface area contributed by atoms with Crippen molar-refractivity contribution in [3.63, 3.8) is 0 Å². The highest BCUT2D eigenvalue weighted by molar-refractivity contribution is 7.18. The topological polar surface area (TPSA) is 84.0 Å². The van der Waals surface area contributed by atoms with Gasteiger partial charge in [-0.2, -0.15) is 0 Å². The van der Waals surface area contributed by atoms with Crippen LogP contribution in [0.4, 0.5) is 5.13 Å². The van der Waals surface area contributed by atoms with Gasteiger partial charge in [0.1, 0.15) is 11.0 Å². The van der Waals surface area contributed by atoms with E-state index in [0.29, 0.717) is 20.7 Å². The van der Waals surface area contributed by atoms with Crippen molar-refractivity contribution < 1.29 is 9.59 Å². The van der Waals surface area contributed by atoms with E-state index in [9.17, 15) is 9.59 Å². The summed E-state index contributed by atoms with van der Waals surface area (Å²) in [4.78, 5) is 25.9. The lowest BCUT2D eigenvalue weighted by molar-refractivity contribution is -0.119. The third-order valence-corrected chi connectivity index (χ3v) is 6.67. The summed E-state index contributed by atoms with van der Waals surface area (Å²) in [5, 5.41) is 15.6. The predicted octanol–water partition coefficient (Wildman–Crippen LogP) is 5.98. The lowest BCUT2D eigenvalue weighted by Crippen LogP contribution is -2.47. The molecule has 3 rings (SSSR count). The number of hydrogen-bond acceptors (Lipinski definition) is 5. The number of carbonyl (C=O) groups is 2. The number of anilines is 1. The number of unbranched alkanes of at least 4 members (excludes halogenated alkanes) is 1. The summed E-state index contributed by atoms with van der Waals surface area (Å²) in [6.45, 7) is 6.08. The molecule has 8 heteroatoms. The van der Waals surface area contributed by atoms with Crippen molar-refractivity contribution in [3.05, 3.63) is 64.7 Å². The molecular formula is C25H29ClN4O2S. The molecule has 2 amide bonds. The van der Waals surface area contributed by atoms with Crippen LogP contribution in [-0.2, 0) is 11.2 Å². The number of aryl methyl sites for hydroxylation is 1. The molecule has 1 heterocycles. The van der Waals surface area contributed by atoms with Gasteiger partial charge in [0, 0.05) is 16.1 Å². The summed E-state index contributed by atoms with van der Waals surface area (Å²) < 4.78 is 0. The minimum Gasteiger partial charge on any atom is -0.340 e. The van der Waals surface area contributed by atoms with Gasteiger partial charge in [-0.3, -0.25) is 14.9 Å². The first-order chi connectivity index (χ1) is 15.9. The number of benzene rings is 2. The zero-order valence-corrected chi connectivity index (χ0v) is 20.7. The number of carbonyl (C=O) groups excluding carboxylic acids is 2. The molecule has 0 saturated carbocycles. The van der Waals surface area contributed by atoms with Gasteiger partial charge in [-0.1, -0.05) is 80.8 Å². The van der Waals surface area contributed by atoms with E-state index in [1.165, 1.54) is 16.9 Å². The Balaban J connectivity index is 1.68. The van der Waals surface area contributed by atoms with E-state index in [4.69, 9.17) is 11.6 Å². The van der Waals surface area contributed by atoms with Gasteiger partial charge in [-0.25, -0.2) is 0 Å². The molecule has 0 spiro atoms. The molecule has 2 atom stereocenters. The molecule has 0 aliphatic rings. The Morgan fingerprint density at radius 1 is 1.09 bits per heavy atom. The molecule has 0 aliphatic carbocycles. The van der Waals surface area contributed by atoms with E-state index in [0.717, 1.165) is 31.2 Å². The fraction of sp³-hybridized carbons (Fsp3) is 0.360. The average molecular weight is 485 g/mol. The molecule has 1 aromatic heterocycles. The molecule has 0 radical (unpaired) electrons. The van der Waals surface area contributed by atoms with Crippen LogP contribution in [-0.4, -0.2) is 28.1 Å². The van der Waals surface area contributed by atoms with Crippen LogP contribution in [0.5, 0.6) is 0 Å². The SMILES string of the molecule is CCCCc1ccc(C(=O)NC(C(=O)Nc2nnc(-c3cccc(Cl)c3)s2)C(C)CC)cc1. The third-order valence-electron chi connectivity index (χ3n) is 5.54. The smallest absolute Gasteiger partial charge is 0.251 e. The molecular weight excluding hydrogens is 456 g/mol. The van der Waals surface area contributed by atoms with E-state index in [-0.39, 0.29) is 17.7 Å². The number of halogens is 1. The van der Waals surface area contributed by atoms with Crippen molar-refractivity contribution in [1.29, 1.82) is 0 Å². The van der Waals surface area contributed by atoms with Crippen molar-refractivity contribution in [1.82, 2.24) is 15.5 Å². The number of nitrogens with zero attached hydrogens (tertiary/aromatic N) is 2. The molecule has 0 aliphatic heterocycles. The number of amides is 2. The summed E-state index contributed by atoms with van der Waals surface area (Å²) in [5.41, 5.74) is 2.57. The van der Waals surface area contributed by atoms with Gasteiger partial charge >= 0.3 is 0 Å². The van der Waals surface area contributed by atoms with Gasteiger partial charge in [0.25, 0.3) is 5.91 Å². The molecule has 2 unspecified atom stereocenters. The minimum atomic E-state index is -0.694. The Morgan fingerprint density at radius 2 is 1.85 bits per heavy atom. The summed E-state index contributed by atoms with van der Waals surface area (Å²) in [5.74, 6) is -0.640. The van der Waals surface area contributed by atoms with Crippen LogP contribution in [0.3, 0.4) is 0 Å².